The molecule has 2 atom stereocenters. The molecule has 0 heterocycles. The molecule has 7 nitrogen and oxygen atoms in total. The maximum atomic E-state index is 11.2. The molecule has 0 saturated heterocycles. The lowest BCUT2D eigenvalue weighted by molar-refractivity contribution is -0.384. The standard InChI is InChI=1S/C14H20N2O5/c1-20-13-6-10(11(16(18)19)7-14(13)21-2)15-8-9-4-3-5-12(9)17/h6-7,9,12,15,17H,3-5,8H2,1-2H3. The highest BCUT2D eigenvalue weighted by atomic mass is 16.6. The van der Waals surface area contributed by atoms with E-state index in [9.17, 15) is 15.2 Å². The fourth-order valence-electron chi connectivity index (χ4n) is 2.66. The van der Waals surface area contributed by atoms with Crippen molar-refractivity contribution >= 4 is 11.4 Å². The molecule has 2 unspecified atom stereocenters. The molecular formula is C14H20N2O5. The maximum Gasteiger partial charge on any atom is 0.296 e. The topological polar surface area (TPSA) is 93.9 Å². The summed E-state index contributed by atoms with van der Waals surface area (Å²) in [5, 5.41) is 24.0. The van der Waals surface area contributed by atoms with Crippen LogP contribution in [-0.2, 0) is 0 Å². The van der Waals surface area contributed by atoms with E-state index in [0.29, 0.717) is 23.7 Å². The number of aliphatic hydroxyl groups excluding tert-OH is 1. The van der Waals surface area contributed by atoms with E-state index >= 15 is 0 Å². The third-order valence-electron chi connectivity index (χ3n) is 3.87. The highest BCUT2D eigenvalue weighted by molar-refractivity contribution is 5.68. The zero-order chi connectivity index (χ0) is 15.4. The first-order valence-corrected chi connectivity index (χ1v) is 6.89. The number of ether oxygens (including phenoxy) is 2. The van der Waals surface area contributed by atoms with Gasteiger partial charge in [-0.25, -0.2) is 0 Å². The molecule has 116 valence electrons. The molecule has 1 aromatic carbocycles. The number of nitro groups is 1. The van der Waals surface area contributed by atoms with Gasteiger partial charge in [-0.3, -0.25) is 10.1 Å². The zero-order valence-corrected chi connectivity index (χ0v) is 12.2. The van der Waals surface area contributed by atoms with Gasteiger partial charge in [0.15, 0.2) is 11.5 Å². The summed E-state index contributed by atoms with van der Waals surface area (Å²) in [5.41, 5.74) is 0.303. The predicted octanol–water partition coefficient (Wildman–Crippen LogP) is 2.18. The number of rotatable bonds is 6. The molecule has 1 aliphatic carbocycles. The van der Waals surface area contributed by atoms with Crippen LogP contribution in [0.4, 0.5) is 11.4 Å². The Hall–Kier alpha value is -2.02. The molecule has 0 amide bonds. The van der Waals surface area contributed by atoms with Crippen molar-refractivity contribution in [3.8, 4) is 11.5 Å². The van der Waals surface area contributed by atoms with Gasteiger partial charge in [-0.2, -0.15) is 0 Å². The molecule has 7 heteroatoms. The van der Waals surface area contributed by atoms with Crippen LogP contribution in [0.25, 0.3) is 0 Å². The van der Waals surface area contributed by atoms with E-state index in [1.54, 1.807) is 6.07 Å². The lowest BCUT2D eigenvalue weighted by atomic mass is 10.1. The number of nitrogens with zero attached hydrogens (tertiary/aromatic N) is 1. The number of benzene rings is 1. The average molecular weight is 296 g/mol. The summed E-state index contributed by atoms with van der Waals surface area (Å²) < 4.78 is 10.2. The van der Waals surface area contributed by atoms with Gasteiger partial charge in [0, 0.05) is 18.5 Å². The monoisotopic (exact) mass is 296 g/mol. The summed E-state index contributed by atoms with van der Waals surface area (Å²) in [7, 11) is 2.91. The fourth-order valence-corrected chi connectivity index (χ4v) is 2.66. The lowest BCUT2D eigenvalue weighted by Gasteiger charge is -2.17. The molecule has 1 fully saturated rings. The molecule has 0 aliphatic heterocycles. The first-order valence-electron chi connectivity index (χ1n) is 6.89. The van der Waals surface area contributed by atoms with Crippen LogP contribution < -0.4 is 14.8 Å². The Morgan fingerprint density at radius 1 is 1.33 bits per heavy atom. The van der Waals surface area contributed by atoms with Crippen molar-refractivity contribution in [1.82, 2.24) is 0 Å². The van der Waals surface area contributed by atoms with Gasteiger partial charge < -0.3 is 19.9 Å². The molecule has 0 aromatic heterocycles. The summed E-state index contributed by atoms with van der Waals surface area (Å²) >= 11 is 0. The highest BCUT2D eigenvalue weighted by Gasteiger charge is 2.26. The van der Waals surface area contributed by atoms with Gasteiger partial charge in [0.05, 0.1) is 31.3 Å². The second kappa shape index (κ2) is 6.62. The summed E-state index contributed by atoms with van der Waals surface area (Å²) in [4.78, 5) is 10.7. The van der Waals surface area contributed by atoms with Crippen LogP contribution >= 0.6 is 0 Å². The highest BCUT2D eigenvalue weighted by Crippen LogP contribution is 2.38. The van der Waals surface area contributed by atoms with Gasteiger partial charge in [-0.05, 0) is 12.8 Å². The lowest BCUT2D eigenvalue weighted by Crippen LogP contribution is -2.22. The molecular weight excluding hydrogens is 276 g/mol. The van der Waals surface area contributed by atoms with Crippen molar-refractivity contribution in [2.24, 2.45) is 5.92 Å². The van der Waals surface area contributed by atoms with Gasteiger partial charge in [-0.1, -0.05) is 6.42 Å². The Morgan fingerprint density at radius 2 is 2.00 bits per heavy atom. The maximum absolute atomic E-state index is 11.2. The number of nitrogens with one attached hydrogen (secondary N) is 1. The average Bonchev–Trinajstić information content (AvgIpc) is 2.89. The Labute approximate surface area is 123 Å². The molecule has 0 radical (unpaired) electrons. The third-order valence-corrected chi connectivity index (χ3v) is 3.87. The summed E-state index contributed by atoms with van der Waals surface area (Å²) in [6.07, 6.45) is 2.37. The van der Waals surface area contributed by atoms with Crippen molar-refractivity contribution in [2.45, 2.75) is 25.4 Å². The van der Waals surface area contributed by atoms with Crippen LogP contribution in [0.15, 0.2) is 12.1 Å². The van der Waals surface area contributed by atoms with Gasteiger partial charge in [0.25, 0.3) is 5.69 Å². The summed E-state index contributed by atoms with van der Waals surface area (Å²) in [6.45, 7) is 0.498. The first-order chi connectivity index (χ1) is 10.1. The molecule has 0 spiro atoms. The second-order valence-corrected chi connectivity index (χ2v) is 5.12. The van der Waals surface area contributed by atoms with E-state index in [4.69, 9.17) is 9.47 Å². The van der Waals surface area contributed by atoms with Crippen LogP contribution in [0.2, 0.25) is 0 Å². The Bertz CT molecular complexity index is 520. The van der Waals surface area contributed by atoms with Crippen LogP contribution in [0.1, 0.15) is 19.3 Å². The summed E-state index contributed by atoms with van der Waals surface area (Å²) in [5.74, 6) is 0.867. The Kier molecular flexibility index (Phi) is 4.85. The molecule has 0 bridgehead atoms. The number of hydrogen-bond donors (Lipinski definition) is 2. The number of aliphatic hydroxyl groups is 1. The number of nitro benzene ring substituents is 1. The Balaban J connectivity index is 2.21. The van der Waals surface area contributed by atoms with Crippen LogP contribution in [0, 0.1) is 16.0 Å². The molecule has 1 aliphatic rings. The van der Waals surface area contributed by atoms with E-state index in [1.165, 1.54) is 20.3 Å². The molecule has 2 rings (SSSR count). The van der Waals surface area contributed by atoms with Crippen LogP contribution in [0.3, 0.4) is 0 Å². The van der Waals surface area contributed by atoms with Crippen LogP contribution in [-0.4, -0.2) is 36.9 Å². The molecule has 1 saturated carbocycles. The Morgan fingerprint density at radius 3 is 2.52 bits per heavy atom. The quantitative estimate of drug-likeness (QED) is 0.617. The zero-order valence-electron chi connectivity index (χ0n) is 12.2. The third kappa shape index (κ3) is 3.36. The second-order valence-electron chi connectivity index (χ2n) is 5.12. The fraction of sp³-hybridized carbons (Fsp3) is 0.571. The van der Waals surface area contributed by atoms with E-state index in [2.05, 4.69) is 5.32 Å². The van der Waals surface area contributed by atoms with E-state index in [1.807, 2.05) is 0 Å². The number of methoxy groups -OCH3 is 2. The molecule has 1 aromatic rings. The minimum Gasteiger partial charge on any atom is -0.493 e. The summed E-state index contributed by atoms with van der Waals surface area (Å²) in [6, 6.07) is 2.89. The van der Waals surface area contributed by atoms with E-state index in [-0.39, 0.29) is 17.7 Å². The number of hydrogen-bond acceptors (Lipinski definition) is 6. The van der Waals surface area contributed by atoms with E-state index < -0.39 is 4.92 Å². The van der Waals surface area contributed by atoms with Gasteiger partial charge in [0.1, 0.15) is 5.69 Å². The largest absolute Gasteiger partial charge is 0.493 e. The van der Waals surface area contributed by atoms with Crippen molar-refractivity contribution < 1.29 is 19.5 Å². The van der Waals surface area contributed by atoms with Crippen molar-refractivity contribution in [2.75, 3.05) is 26.1 Å². The SMILES string of the molecule is COc1cc(NCC2CCCC2O)c([N+](=O)[O-])cc1OC. The van der Waals surface area contributed by atoms with Crippen LogP contribution in [0.5, 0.6) is 11.5 Å². The number of anilines is 1. The smallest absolute Gasteiger partial charge is 0.296 e. The minimum atomic E-state index is -0.463. The molecule has 21 heavy (non-hydrogen) atoms. The van der Waals surface area contributed by atoms with Crippen molar-refractivity contribution in [3.05, 3.63) is 22.2 Å². The van der Waals surface area contributed by atoms with Crippen molar-refractivity contribution in [3.63, 3.8) is 0 Å². The van der Waals surface area contributed by atoms with Gasteiger partial charge in [0.2, 0.25) is 0 Å². The van der Waals surface area contributed by atoms with Gasteiger partial charge >= 0.3 is 0 Å². The first kappa shape index (κ1) is 15.4. The predicted molar refractivity (Wildman–Crippen MR) is 78.0 cm³/mol. The van der Waals surface area contributed by atoms with E-state index in [0.717, 1.165) is 19.3 Å². The molecule has 2 N–H and O–H groups in total. The minimum absolute atomic E-state index is 0.0693. The van der Waals surface area contributed by atoms with Crippen molar-refractivity contribution in [1.29, 1.82) is 0 Å². The van der Waals surface area contributed by atoms with Gasteiger partial charge in [-0.15, -0.1) is 0 Å². The normalized spacial score (nSPS) is 21.1.